The molecule has 0 aromatic heterocycles. The summed E-state index contributed by atoms with van der Waals surface area (Å²) in [6.07, 6.45) is 8.39. The van der Waals surface area contributed by atoms with Crippen LogP contribution in [0.15, 0.2) is 11.6 Å². The summed E-state index contributed by atoms with van der Waals surface area (Å²) in [5, 5.41) is 20.1. The van der Waals surface area contributed by atoms with E-state index in [4.69, 9.17) is 0 Å². The lowest BCUT2D eigenvalue weighted by molar-refractivity contribution is -0.144. The summed E-state index contributed by atoms with van der Waals surface area (Å²) >= 11 is 0. The second-order valence-corrected chi connectivity index (χ2v) is 10.2. The minimum Gasteiger partial charge on any atom is -0.393 e. The maximum Gasteiger partial charge on any atom is 0.178 e. The minimum atomic E-state index is -0.449. The van der Waals surface area contributed by atoms with Gasteiger partial charge in [-0.2, -0.15) is 5.26 Å². The molecule has 0 radical (unpaired) electrons. The molecule has 7 atom stereocenters. The van der Waals surface area contributed by atoms with Gasteiger partial charge in [0.25, 0.3) is 0 Å². The lowest BCUT2D eigenvalue weighted by Crippen LogP contribution is -2.57. The van der Waals surface area contributed by atoms with Crippen molar-refractivity contribution in [3.8, 4) is 6.07 Å². The van der Waals surface area contributed by atoms with Gasteiger partial charge in [0, 0.05) is 5.41 Å². The van der Waals surface area contributed by atoms with Gasteiger partial charge in [0.2, 0.25) is 0 Å². The number of hydrogen-bond acceptors (Lipinski definition) is 3. The number of carbonyl (C=O) groups is 1. The second kappa shape index (κ2) is 5.19. The first-order valence-corrected chi connectivity index (χ1v) is 10.0. The third kappa shape index (κ3) is 2.04. The Morgan fingerprint density at radius 2 is 1.80 bits per heavy atom. The van der Waals surface area contributed by atoms with E-state index in [-0.39, 0.29) is 22.7 Å². The third-order valence-corrected chi connectivity index (χ3v) is 9.00. The zero-order valence-electron chi connectivity index (χ0n) is 16.0. The smallest absolute Gasteiger partial charge is 0.178 e. The summed E-state index contributed by atoms with van der Waals surface area (Å²) in [5.74, 6) is 2.11. The van der Waals surface area contributed by atoms with E-state index in [9.17, 15) is 15.2 Å². The molecule has 0 bridgehead atoms. The number of hydrogen-bond donors (Lipinski definition) is 1. The first-order valence-electron chi connectivity index (χ1n) is 10.0. The summed E-state index contributed by atoms with van der Waals surface area (Å²) in [6.45, 7) is 8.71. The average Bonchev–Trinajstić information content (AvgIpc) is 2.86. The number of aliphatic hydroxyl groups is 1. The van der Waals surface area contributed by atoms with Gasteiger partial charge in [-0.15, -0.1) is 0 Å². The van der Waals surface area contributed by atoms with Crippen LogP contribution in [0.25, 0.3) is 0 Å². The number of allylic oxidation sites excluding steroid dienone is 2. The number of ketones is 1. The van der Waals surface area contributed by atoms with E-state index in [1.165, 1.54) is 6.42 Å². The maximum absolute atomic E-state index is 12.8. The molecule has 0 saturated heterocycles. The van der Waals surface area contributed by atoms with Crippen molar-refractivity contribution in [2.24, 2.45) is 39.9 Å². The van der Waals surface area contributed by atoms with E-state index < -0.39 is 5.41 Å². The van der Waals surface area contributed by atoms with Gasteiger partial charge in [-0.05, 0) is 73.0 Å². The van der Waals surface area contributed by atoms with Crippen LogP contribution >= 0.6 is 0 Å². The van der Waals surface area contributed by atoms with Crippen LogP contribution in [0.3, 0.4) is 0 Å². The Morgan fingerprint density at radius 1 is 1.08 bits per heavy atom. The Morgan fingerprint density at radius 3 is 2.48 bits per heavy atom. The van der Waals surface area contributed by atoms with Gasteiger partial charge < -0.3 is 5.11 Å². The Balaban J connectivity index is 1.77. The summed E-state index contributed by atoms with van der Waals surface area (Å²) in [7, 11) is 0. The molecular weight excluding hydrogens is 310 g/mol. The largest absolute Gasteiger partial charge is 0.393 e. The Hall–Kier alpha value is -1.14. The molecule has 3 saturated carbocycles. The Labute approximate surface area is 151 Å². The number of aliphatic hydroxyl groups excluding tert-OH is 1. The van der Waals surface area contributed by atoms with Crippen LogP contribution in [-0.2, 0) is 4.79 Å². The van der Waals surface area contributed by atoms with Gasteiger partial charge in [-0.1, -0.05) is 33.8 Å². The average molecular weight is 341 g/mol. The topological polar surface area (TPSA) is 61.1 Å². The van der Waals surface area contributed by atoms with E-state index >= 15 is 0 Å². The van der Waals surface area contributed by atoms with E-state index in [0.29, 0.717) is 29.2 Å². The van der Waals surface area contributed by atoms with Crippen LogP contribution in [0, 0.1) is 51.2 Å². The minimum absolute atomic E-state index is 0.0351. The van der Waals surface area contributed by atoms with Crippen molar-refractivity contribution in [1.82, 2.24) is 0 Å². The lowest BCUT2D eigenvalue weighted by atomic mass is 9.42. The molecule has 3 nitrogen and oxygen atoms in total. The van der Waals surface area contributed by atoms with Crippen LogP contribution < -0.4 is 0 Å². The van der Waals surface area contributed by atoms with Crippen molar-refractivity contribution < 1.29 is 9.90 Å². The number of nitriles is 1. The van der Waals surface area contributed by atoms with Gasteiger partial charge in [-0.25, -0.2) is 0 Å². The molecule has 0 aromatic carbocycles. The molecule has 1 N–H and O–H groups in total. The normalized spacial score (nSPS) is 51.0. The van der Waals surface area contributed by atoms with Crippen molar-refractivity contribution >= 4 is 5.78 Å². The van der Waals surface area contributed by atoms with Crippen LogP contribution in [-0.4, -0.2) is 17.0 Å². The predicted molar refractivity (Wildman–Crippen MR) is 96.4 cm³/mol. The second-order valence-electron chi connectivity index (χ2n) is 10.2. The monoisotopic (exact) mass is 341 g/mol. The molecule has 0 aliphatic heterocycles. The highest BCUT2D eigenvalue weighted by Crippen LogP contribution is 2.67. The summed E-state index contributed by atoms with van der Waals surface area (Å²) in [5.41, 5.74) is -0.0637. The molecule has 7 unspecified atom stereocenters. The van der Waals surface area contributed by atoms with Gasteiger partial charge in [0.15, 0.2) is 5.78 Å². The van der Waals surface area contributed by atoms with Crippen molar-refractivity contribution in [3.63, 3.8) is 0 Å². The fraction of sp³-hybridized carbons (Fsp3) is 0.818. The number of carbonyl (C=O) groups excluding carboxylic acids is 1. The number of Topliss-reactive ketones (excluding diaryl/α,β-unsaturated/α-hetero) is 1. The highest BCUT2D eigenvalue weighted by Gasteiger charge is 2.63. The van der Waals surface area contributed by atoms with Gasteiger partial charge >= 0.3 is 0 Å². The van der Waals surface area contributed by atoms with Crippen LogP contribution in [0.2, 0.25) is 0 Å². The number of nitrogens with zero attached hydrogens (tertiary/aromatic N) is 1. The molecule has 0 heterocycles. The first kappa shape index (κ1) is 17.3. The first-order chi connectivity index (χ1) is 11.7. The van der Waals surface area contributed by atoms with Crippen LogP contribution in [0.4, 0.5) is 0 Å². The lowest BCUT2D eigenvalue weighted by Gasteiger charge is -2.61. The zero-order chi connectivity index (χ0) is 18.2. The molecule has 3 heteroatoms. The summed E-state index contributed by atoms with van der Waals surface area (Å²) < 4.78 is 0. The quantitative estimate of drug-likeness (QED) is 0.716. The SMILES string of the molecule is CC1(C)C(=O)C(C#N)=CC2(C)C3CCC4(C)C(O)CCC4C3CCC12. The van der Waals surface area contributed by atoms with Gasteiger partial charge in [-0.3, -0.25) is 4.79 Å². The highest BCUT2D eigenvalue weighted by molar-refractivity contribution is 6.04. The molecule has 25 heavy (non-hydrogen) atoms. The zero-order valence-corrected chi connectivity index (χ0v) is 16.0. The van der Waals surface area contributed by atoms with Crippen molar-refractivity contribution in [2.45, 2.75) is 72.3 Å². The Bertz CT molecular complexity index is 687. The van der Waals surface area contributed by atoms with Crippen molar-refractivity contribution in [2.75, 3.05) is 0 Å². The van der Waals surface area contributed by atoms with E-state index in [0.717, 1.165) is 32.1 Å². The molecule has 0 spiro atoms. The molecule has 4 aliphatic carbocycles. The van der Waals surface area contributed by atoms with E-state index in [2.05, 4.69) is 39.8 Å². The number of rotatable bonds is 0. The molecule has 0 aromatic rings. The highest BCUT2D eigenvalue weighted by atomic mass is 16.3. The fourth-order valence-electron chi connectivity index (χ4n) is 7.67. The molecular formula is C22H31NO2. The maximum atomic E-state index is 12.8. The fourth-order valence-corrected chi connectivity index (χ4v) is 7.67. The molecule has 136 valence electrons. The number of fused-ring (bicyclic) bond motifs is 5. The van der Waals surface area contributed by atoms with Gasteiger partial charge in [0.05, 0.1) is 11.7 Å². The Kier molecular flexibility index (Phi) is 3.59. The molecule has 4 rings (SSSR count). The van der Waals surface area contributed by atoms with Crippen LogP contribution in [0.5, 0.6) is 0 Å². The third-order valence-electron chi connectivity index (χ3n) is 9.00. The van der Waals surface area contributed by atoms with E-state index in [1.54, 1.807) is 0 Å². The van der Waals surface area contributed by atoms with Gasteiger partial charge in [0.1, 0.15) is 6.07 Å². The molecule has 3 fully saturated rings. The predicted octanol–water partition coefficient (Wildman–Crippen LogP) is 4.26. The summed E-state index contributed by atoms with van der Waals surface area (Å²) in [6, 6.07) is 2.20. The van der Waals surface area contributed by atoms with Crippen molar-refractivity contribution in [3.05, 3.63) is 11.6 Å². The van der Waals surface area contributed by atoms with Crippen LogP contribution in [0.1, 0.15) is 66.2 Å². The molecule has 0 amide bonds. The van der Waals surface area contributed by atoms with Crippen molar-refractivity contribution in [1.29, 1.82) is 5.26 Å². The van der Waals surface area contributed by atoms with E-state index in [1.807, 2.05) is 0 Å². The standard InChI is InChI=1S/C22H31NO2/c1-20(2)17-7-5-14-15-6-8-18(24)21(15,3)10-9-16(14)22(17,4)11-13(12-23)19(20)25/h11,14-18,24H,5-10H2,1-4H3. The summed E-state index contributed by atoms with van der Waals surface area (Å²) in [4.78, 5) is 12.8. The molecule has 4 aliphatic rings.